The number of nitrogens with zero attached hydrogens (tertiary/aromatic N) is 2. The molecule has 1 aromatic carbocycles. The van der Waals surface area contributed by atoms with Crippen LogP contribution in [0.2, 0.25) is 0 Å². The van der Waals surface area contributed by atoms with E-state index in [9.17, 15) is 4.79 Å². The summed E-state index contributed by atoms with van der Waals surface area (Å²) >= 11 is 0. The molecule has 0 atom stereocenters. The lowest BCUT2D eigenvalue weighted by Crippen LogP contribution is -2.25. The van der Waals surface area contributed by atoms with Gasteiger partial charge >= 0.3 is 0 Å². The lowest BCUT2D eigenvalue weighted by atomic mass is 10.2. The number of para-hydroxylation sites is 1. The number of Topliss-reactive ketones (excluding diaryl/α,β-unsaturated/α-hetero) is 1. The molecule has 0 aliphatic rings. The molecular formula is C14H15N3O. The van der Waals surface area contributed by atoms with Crippen LogP contribution in [0, 0.1) is 18.3 Å². The van der Waals surface area contributed by atoms with Gasteiger partial charge in [-0.2, -0.15) is 5.26 Å². The van der Waals surface area contributed by atoms with E-state index in [1.807, 2.05) is 49.2 Å². The number of nitrogens with one attached hydrogen (secondary N) is 1. The summed E-state index contributed by atoms with van der Waals surface area (Å²) in [6.07, 6.45) is -0.0360. The molecular weight excluding hydrogens is 226 g/mol. The van der Waals surface area contributed by atoms with Gasteiger partial charge in [-0.25, -0.2) is 0 Å². The second-order valence-corrected chi connectivity index (χ2v) is 4.37. The first-order valence-corrected chi connectivity index (χ1v) is 5.80. The number of carbonyl (C=O) groups is 1. The van der Waals surface area contributed by atoms with Crippen LogP contribution in [-0.2, 0) is 4.79 Å². The highest BCUT2D eigenvalue weighted by molar-refractivity contribution is 5.96. The van der Waals surface area contributed by atoms with Gasteiger partial charge in [-0.1, -0.05) is 18.2 Å². The van der Waals surface area contributed by atoms with E-state index in [0.29, 0.717) is 0 Å². The number of nitriles is 1. The maximum Gasteiger partial charge on any atom is 0.166 e. The molecule has 0 amide bonds. The van der Waals surface area contributed by atoms with Crippen molar-refractivity contribution in [1.29, 1.82) is 5.26 Å². The van der Waals surface area contributed by atoms with Crippen molar-refractivity contribution in [3.63, 3.8) is 0 Å². The summed E-state index contributed by atoms with van der Waals surface area (Å²) in [5.74, 6) is -0.0651. The molecule has 0 radical (unpaired) electrons. The maximum atomic E-state index is 11.5. The SMILES string of the molecule is Cc1[nH]c2ccccc2c1N(C)CC(=O)CC#N. The van der Waals surface area contributed by atoms with Crippen molar-refractivity contribution in [3.05, 3.63) is 30.0 Å². The van der Waals surface area contributed by atoms with Crippen molar-refractivity contribution in [3.8, 4) is 6.07 Å². The number of anilines is 1. The van der Waals surface area contributed by atoms with Gasteiger partial charge in [-0.05, 0) is 13.0 Å². The Hall–Kier alpha value is -2.28. The molecule has 0 saturated heterocycles. The fraction of sp³-hybridized carbons (Fsp3) is 0.286. The van der Waals surface area contributed by atoms with Gasteiger partial charge in [0, 0.05) is 23.6 Å². The van der Waals surface area contributed by atoms with E-state index in [-0.39, 0.29) is 18.7 Å². The molecule has 2 rings (SSSR count). The van der Waals surface area contributed by atoms with E-state index in [1.165, 1.54) is 0 Å². The molecule has 0 aliphatic heterocycles. The van der Waals surface area contributed by atoms with Crippen LogP contribution in [0.3, 0.4) is 0 Å². The first-order chi connectivity index (χ1) is 8.63. The van der Waals surface area contributed by atoms with E-state index >= 15 is 0 Å². The van der Waals surface area contributed by atoms with Gasteiger partial charge in [-0.3, -0.25) is 4.79 Å². The van der Waals surface area contributed by atoms with Gasteiger partial charge in [0.15, 0.2) is 5.78 Å². The maximum absolute atomic E-state index is 11.5. The van der Waals surface area contributed by atoms with E-state index in [2.05, 4.69) is 4.98 Å². The molecule has 0 aliphatic carbocycles. The number of fused-ring (bicyclic) bond motifs is 1. The minimum absolute atomic E-state index is 0.0360. The Morgan fingerprint density at radius 3 is 2.89 bits per heavy atom. The molecule has 1 N–H and O–H groups in total. The van der Waals surface area contributed by atoms with Gasteiger partial charge in [0.2, 0.25) is 0 Å². The Morgan fingerprint density at radius 2 is 2.17 bits per heavy atom. The second-order valence-electron chi connectivity index (χ2n) is 4.37. The Labute approximate surface area is 106 Å². The molecule has 0 bridgehead atoms. The van der Waals surface area contributed by atoms with Gasteiger partial charge in [-0.15, -0.1) is 0 Å². The summed E-state index contributed by atoms with van der Waals surface area (Å²) in [5, 5.41) is 9.61. The van der Waals surface area contributed by atoms with Crippen LogP contribution < -0.4 is 4.90 Å². The molecule has 4 nitrogen and oxygen atoms in total. The molecule has 0 unspecified atom stereocenters. The van der Waals surface area contributed by atoms with E-state index in [0.717, 1.165) is 22.3 Å². The third-order valence-corrected chi connectivity index (χ3v) is 2.93. The van der Waals surface area contributed by atoms with Crippen LogP contribution in [0.1, 0.15) is 12.1 Å². The number of H-pyrrole nitrogens is 1. The van der Waals surface area contributed by atoms with Crippen molar-refractivity contribution in [2.75, 3.05) is 18.5 Å². The zero-order chi connectivity index (χ0) is 13.1. The first kappa shape index (κ1) is 12.2. The lowest BCUT2D eigenvalue weighted by Gasteiger charge is -2.18. The van der Waals surface area contributed by atoms with Crippen LogP contribution in [0.15, 0.2) is 24.3 Å². The topological polar surface area (TPSA) is 59.9 Å². The van der Waals surface area contributed by atoms with Crippen molar-refractivity contribution in [2.24, 2.45) is 0 Å². The molecule has 18 heavy (non-hydrogen) atoms. The van der Waals surface area contributed by atoms with E-state index in [1.54, 1.807) is 0 Å². The monoisotopic (exact) mass is 241 g/mol. The molecule has 92 valence electrons. The van der Waals surface area contributed by atoms with Crippen molar-refractivity contribution in [1.82, 2.24) is 4.98 Å². The number of likely N-dealkylation sites (N-methyl/N-ethyl adjacent to an activating group) is 1. The predicted molar refractivity (Wildman–Crippen MR) is 71.5 cm³/mol. The van der Waals surface area contributed by atoms with Crippen LogP contribution in [0.25, 0.3) is 10.9 Å². The molecule has 1 heterocycles. The number of hydrogen-bond acceptors (Lipinski definition) is 3. The predicted octanol–water partition coefficient (Wildman–Crippen LogP) is 2.40. The Balaban J connectivity index is 2.33. The Morgan fingerprint density at radius 1 is 1.44 bits per heavy atom. The summed E-state index contributed by atoms with van der Waals surface area (Å²) in [6, 6.07) is 9.88. The third-order valence-electron chi connectivity index (χ3n) is 2.93. The number of carbonyl (C=O) groups excluding carboxylic acids is 1. The first-order valence-electron chi connectivity index (χ1n) is 5.80. The number of hydrogen-bond donors (Lipinski definition) is 1. The van der Waals surface area contributed by atoms with Gasteiger partial charge in [0.25, 0.3) is 0 Å². The number of ketones is 1. The molecule has 4 heteroatoms. The van der Waals surface area contributed by atoms with Gasteiger partial charge < -0.3 is 9.88 Å². The van der Waals surface area contributed by atoms with Crippen molar-refractivity contribution in [2.45, 2.75) is 13.3 Å². The van der Waals surface area contributed by atoms with Crippen LogP contribution in [0.4, 0.5) is 5.69 Å². The lowest BCUT2D eigenvalue weighted by molar-refractivity contribution is -0.116. The number of rotatable bonds is 4. The summed E-state index contributed by atoms with van der Waals surface area (Å²) in [5.41, 5.74) is 3.12. The zero-order valence-electron chi connectivity index (χ0n) is 10.5. The van der Waals surface area contributed by atoms with Crippen LogP contribution in [-0.4, -0.2) is 24.4 Å². The fourth-order valence-corrected chi connectivity index (χ4v) is 2.24. The quantitative estimate of drug-likeness (QED) is 0.894. The smallest absolute Gasteiger partial charge is 0.166 e. The van der Waals surface area contributed by atoms with Crippen LogP contribution in [0.5, 0.6) is 0 Å². The highest BCUT2D eigenvalue weighted by Gasteiger charge is 2.14. The number of aromatic nitrogens is 1. The number of aromatic amines is 1. The molecule has 0 fully saturated rings. The standard InChI is InChI=1S/C14H15N3O/c1-10-14(17(2)9-11(18)7-8-15)12-5-3-4-6-13(12)16-10/h3-6,16H,7,9H2,1-2H3. The summed E-state index contributed by atoms with van der Waals surface area (Å²) in [7, 11) is 1.87. The summed E-state index contributed by atoms with van der Waals surface area (Å²) < 4.78 is 0. The summed E-state index contributed by atoms with van der Waals surface area (Å²) in [4.78, 5) is 16.7. The van der Waals surface area contributed by atoms with Crippen molar-refractivity contribution < 1.29 is 4.79 Å². The number of benzene rings is 1. The van der Waals surface area contributed by atoms with Gasteiger partial charge in [0.1, 0.15) is 0 Å². The average molecular weight is 241 g/mol. The molecule has 0 saturated carbocycles. The molecule has 1 aromatic heterocycles. The highest BCUT2D eigenvalue weighted by atomic mass is 16.1. The molecule has 2 aromatic rings. The normalized spacial score (nSPS) is 10.3. The molecule has 0 spiro atoms. The van der Waals surface area contributed by atoms with E-state index < -0.39 is 0 Å². The minimum Gasteiger partial charge on any atom is -0.365 e. The summed E-state index contributed by atoms with van der Waals surface area (Å²) in [6.45, 7) is 2.25. The van der Waals surface area contributed by atoms with Crippen LogP contribution >= 0.6 is 0 Å². The fourth-order valence-electron chi connectivity index (χ4n) is 2.24. The van der Waals surface area contributed by atoms with Crippen molar-refractivity contribution >= 4 is 22.4 Å². The van der Waals surface area contributed by atoms with E-state index in [4.69, 9.17) is 5.26 Å². The zero-order valence-corrected chi connectivity index (χ0v) is 10.5. The number of aryl methyl sites for hydroxylation is 1. The highest BCUT2D eigenvalue weighted by Crippen LogP contribution is 2.29. The largest absolute Gasteiger partial charge is 0.365 e. The Kier molecular flexibility index (Phi) is 3.33. The van der Waals surface area contributed by atoms with Gasteiger partial charge in [0.05, 0.1) is 24.7 Å². The minimum atomic E-state index is -0.0651. The third kappa shape index (κ3) is 2.21. The second kappa shape index (κ2) is 4.92. The Bertz CT molecular complexity index is 621. The average Bonchev–Trinajstić information content (AvgIpc) is 2.64.